The molecule has 0 atom stereocenters. The number of rotatable bonds is 5. The number of carbonyl (C=O) groups excluding carboxylic acids is 1. The number of benzene rings is 1. The Hall–Kier alpha value is -2.58. The van der Waals surface area contributed by atoms with Crippen molar-refractivity contribution in [1.29, 1.82) is 0 Å². The minimum atomic E-state index is -0.103. The number of thiazole rings is 1. The van der Waals surface area contributed by atoms with Crippen LogP contribution in [0.15, 0.2) is 24.5 Å². The second-order valence-corrected chi connectivity index (χ2v) is 8.02. The highest BCUT2D eigenvalue weighted by atomic mass is 32.1. The third-order valence-corrected chi connectivity index (χ3v) is 6.28. The van der Waals surface area contributed by atoms with E-state index in [1.54, 1.807) is 0 Å². The molecule has 0 radical (unpaired) electrons. The molecular formula is C19H20N6OS. The zero-order valence-electron chi connectivity index (χ0n) is 15.0. The van der Waals surface area contributed by atoms with Crippen molar-refractivity contribution in [2.24, 2.45) is 0 Å². The largest absolute Gasteiger partial charge is 0.321 e. The smallest absolute Gasteiger partial charge is 0.267 e. The van der Waals surface area contributed by atoms with Gasteiger partial charge in [-0.05, 0) is 36.5 Å². The van der Waals surface area contributed by atoms with Gasteiger partial charge in [-0.3, -0.25) is 14.8 Å². The molecule has 7 nitrogen and oxygen atoms in total. The van der Waals surface area contributed by atoms with E-state index < -0.39 is 0 Å². The maximum atomic E-state index is 13.0. The first kappa shape index (κ1) is 16.6. The normalized spacial score (nSPS) is 16.5. The van der Waals surface area contributed by atoms with Crippen LogP contribution in [0, 0.1) is 0 Å². The summed E-state index contributed by atoms with van der Waals surface area (Å²) in [6.07, 6.45) is 4.72. The first-order chi connectivity index (χ1) is 13.2. The Balaban J connectivity index is 1.41. The minimum absolute atomic E-state index is 0.103. The Bertz CT molecular complexity index is 992. The SMILES string of the molecule is CCc1nc(-c2ncn[nH]2)sc1C(=O)Nc1cccc2c1CN(C1CC1)C2. The number of hydrogen-bond donors (Lipinski definition) is 2. The standard InChI is InChI=1S/C19H20N6OS/c1-2-14-16(27-19(23-14)17-20-10-21-24-17)18(26)22-15-5-3-4-11-8-25(9-13(11)15)12-6-7-12/h3-5,10,12H,2,6-9H2,1H3,(H,22,26)(H,20,21,24). The lowest BCUT2D eigenvalue weighted by atomic mass is 10.1. The Labute approximate surface area is 160 Å². The number of anilines is 1. The number of nitrogens with one attached hydrogen (secondary N) is 2. The Kier molecular flexibility index (Phi) is 4.02. The molecule has 27 heavy (non-hydrogen) atoms. The molecule has 5 rings (SSSR count). The molecule has 1 fully saturated rings. The highest BCUT2D eigenvalue weighted by Gasteiger charge is 2.34. The third kappa shape index (κ3) is 3.04. The van der Waals surface area contributed by atoms with Crippen molar-refractivity contribution in [3.05, 3.63) is 46.2 Å². The van der Waals surface area contributed by atoms with Crippen molar-refractivity contribution >= 4 is 22.9 Å². The monoisotopic (exact) mass is 380 g/mol. The summed E-state index contributed by atoms with van der Waals surface area (Å²) in [5, 5.41) is 10.5. The van der Waals surface area contributed by atoms with Gasteiger partial charge in [-0.1, -0.05) is 19.1 Å². The highest BCUT2D eigenvalue weighted by molar-refractivity contribution is 7.17. The molecule has 0 unspecified atom stereocenters. The number of nitrogens with zero attached hydrogens (tertiary/aromatic N) is 4. The number of amides is 1. The molecule has 8 heteroatoms. The average Bonchev–Trinajstić information content (AvgIpc) is 3.11. The molecule has 1 aromatic carbocycles. The van der Waals surface area contributed by atoms with Crippen molar-refractivity contribution in [1.82, 2.24) is 25.1 Å². The van der Waals surface area contributed by atoms with E-state index in [2.05, 4.69) is 36.4 Å². The Morgan fingerprint density at radius 1 is 1.37 bits per heavy atom. The van der Waals surface area contributed by atoms with E-state index in [0.29, 0.717) is 22.1 Å². The fraction of sp³-hybridized carbons (Fsp3) is 0.368. The lowest BCUT2D eigenvalue weighted by Crippen LogP contribution is -2.19. The van der Waals surface area contributed by atoms with Gasteiger partial charge in [0.1, 0.15) is 11.2 Å². The van der Waals surface area contributed by atoms with E-state index in [1.165, 1.54) is 41.6 Å². The molecule has 3 aromatic rings. The molecule has 2 N–H and O–H groups in total. The molecular weight excluding hydrogens is 360 g/mol. The number of aromatic amines is 1. The second kappa shape index (κ2) is 6.54. The van der Waals surface area contributed by atoms with Gasteiger partial charge < -0.3 is 5.32 Å². The Morgan fingerprint density at radius 2 is 2.26 bits per heavy atom. The van der Waals surface area contributed by atoms with E-state index >= 15 is 0 Å². The molecule has 3 heterocycles. The van der Waals surface area contributed by atoms with Gasteiger partial charge in [-0.15, -0.1) is 11.3 Å². The molecule has 2 aromatic heterocycles. The molecule has 1 aliphatic carbocycles. The summed E-state index contributed by atoms with van der Waals surface area (Å²) in [4.78, 5) is 24.9. The van der Waals surface area contributed by atoms with Crippen LogP contribution >= 0.6 is 11.3 Å². The number of H-pyrrole nitrogens is 1. The van der Waals surface area contributed by atoms with Crippen LogP contribution in [0.25, 0.3) is 10.8 Å². The van der Waals surface area contributed by atoms with Crippen LogP contribution in [0.1, 0.15) is 46.3 Å². The van der Waals surface area contributed by atoms with Gasteiger partial charge in [0, 0.05) is 24.8 Å². The number of carbonyl (C=O) groups is 1. The van der Waals surface area contributed by atoms with Crippen molar-refractivity contribution in [2.45, 2.75) is 45.3 Å². The molecule has 0 bridgehead atoms. The molecule has 1 amide bonds. The van der Waals surface area contributed by atoms with Crippen LogP contribution < -0.4 is 5.32 Å². The van der Waals surface area contributed by atoms with Crippen LogP contribution in [0.2, 0.25) is 0 Å². The number of aromatic nitrogens is 4. The van der Waals surface area contributed by atoms with E-state index in [-0.39, 0.29) is 5.91 Å². The summed E-state index contributed by atoms with van der Waals surface area (Å²) < 4.78 is 0. The average molecular weight is 380 g/mol. The molecule has 138 valence electrons. The van der Waals surface area contributed by atoms with E-state index in [9.17, 15) is 4.79 Å². The van der Waals surface area contributed by atoms with Crippen molar-refractivity contribution < 1.29 is 4.79 Å². The fourth-order valence-electron chi connectivity index (χ4n) is 3.62. The first-order valence-corrected chi connectivity index (χ1v) is 10.1. The summed E-state index contributed by atoms with van der Waals surface area (Å²) in [6, 6.07) is 6.91. The fourth-order valence-corrected chi connectivity index (χ4v) is 4.62. The topological polar surface area (TPSA) is 86.8 Å². The predicted molar refractivity (Wildman–Crippen MR) is 104 cm³/mol. The number of aryl methyl sites for hydroxylation is 1. The van der Waals surface area contributed by atoms with Gasteiger partial charge in [-0.2, -0.15) is 5.10 Å². The maximum Gasteiger partial charge on any atom is 0.267 e. The van der Waals surface area contributed by atoms with Crippen LogP contribution in [-0.2, 0) is 19.5 Å². The lowest BCUT2D eigenvalue weighted by Gasteiger charge is -2.13. The zero-order valence-corrected chi connectivity index (χ0v) is 15.8. The first-order valence-electron chi connectivity index (χ1n) is 9.24. The molecule has 2 aliphatic rings. The van der Waals surface area contributed by atoms with Crippen molar-refractivity contribution in [3.63, 3.8) is 0 Å². The number of hydrogen-bond acceptors (Lipinski definition) is 6. The van der Waals surface area contributed by atoms with Crippen LogP contribution in [0.4, 0.5) is 5.69 Å². The summed E-state index contributed by atoms with van der Waals surface area (Å²) >= 11 is 1.35. The van der Waals surface area contributed by atoms with Gasteiger partial charge in [0.25, 0.3) is 5.91 Å². The van der Waals surface area contributed by atoms with E-state index in [1.807, 2.05) is 19.1 Å². The summed E-state index contributed by atoms with van der Waals surface area (Å²) in [5.41, 5.74) is 4.27. The molecule has 0 spiro atoms. The lowest BCUT2D eigenvalue weighted by molar-refractivity contribution is 0.102. The third-order valence-electron chi connectivity index (χ3n) is 5.18. The Morgan fingerprint density at radius 3 is 3.00 bits per heavy atom. The molecule has 1 saturated carbocycles. The van der Waals surface area contributed by atoms with Crippen LogP contribution in [0.5, 0.6) is 0 Å². The maximum absolute atomic E-state index is 13.0. The van der Waals surface area contributed by atoms with E-state index in [4.69, 9.17) is 0 Å². The molecule has 0 saturated heterocycles. The van der Waals surface area contributed by atoms with E-state index in [0.717, 1.165) is 30.5 Å². The van der Waals surface area contributed by atoms with Gasteiger partial charge in [0.2, 0.25) is 0 Å². The van der Waals surface area contributed by atoms with Crippen molar-refractivity contribution in [3.8, 4) is 10.8 Å². The van der Waals surface area contributed by atoms with Crippen molar-refractivity contribution in [2.75, 3.05) is 5.32 Å². The summed E-state index contributed by atoms with van der Waals surface area (Å²) in [7, 11) is 0. The van der Waals surface area contributed by atoms with Crippen LogP contribution in [0.3, 0.4) is 0 Å². The highest BCUT2D eigenvalue weighted by Crippen LogP contribution is 2.37. The van der Waals surface area contributed by atoms with Gasteiger partial charge in [-0.25, -0.2) is 9.97 Å². The predicted octanol–water partition coefficient (Wildman–Crippen LogP) is 3.22. The zero-order chi connectivity index (χ0) is 18.4. The minimum Gasteiger partial charge on any atom is -0.321 e. The van der Waals surface area contributed by atoms with Gasteiger partial charge in [0.15, 0.2) is 10.8 Å². The summed E-state index contributed by atoms with van der Waals surface area (Å²) in [6.45, 7) is 3.91. The van der Waals surface area contributed by atoms with Crippen LogP contribution in [-0.4, -0.2) is 37.0 Å². The number of fused-ring (bicyclic) bond motifs is 1. The van der Waals surface area contributed by atoms with Gasteiger partial charge >= 0.3 is 0 Å². The quantitative estimate of drug-likeness (QED) is 0.710. The second-order valence-electron chi connectivity index (χ2n) is 7.02. The summed E-state index contributed by atoms with van der Waals surface area (Å²) in [5.74, 6) is 0.489. The van der Waals surface area contributed by atoms with Gasteiger partial charge in [0.05, 0.1) is 5.69 Å². The molecule has 1 aliphatic heterocycles.